The summed E-state index contributed by atoms with van der Waals surface area (Å²) in [5, 5.41) is 6.83. The summed E-state index contributed by atoms with van der Waals surface area (Å²) in [7, 11) is 0. The van der Waals surface area contributed by atoms with Gasteiger partial charge in [0, 0.05) is 31.6 Å². The molecule has 0 amide bonds. The molecule has 0 aliphatic heterocycles. The molecule has 0 aliphatic carbocycles. The Labute approximate surface area is 303 Å². The van der Waals surface area contributed by atoms with Gasteiger partial charge in [-0.25, -0.2) is 0 Å². The van der Waals surface area contributed by atoms with Crippen molar-refractivity contribution in [1.29, 1.82) is 0 Å². The highest BCUT2D eigenvalue weighted by Crippen LogP contribution is 2.51. The molecular formula is C48H29NO2S. The molecule has 244 valence electrons. The van der Waals surface area contributed by atoms with Crippen LogP contribution in [-0.4, -0.2) is 0 Å². The molecule has 0 aliphatic rings. The average molecular weight is 684 g/mol. The molecule has 0 spiro atoms. The lowest BCUT2D eigenvalue weighted by Crippen LogP contribution is -2.10. The van der Waals surface area contributed by atoms with Crippen LogP contribution in [0, 0.1) is 0 Å². The monoisotopic (exact) mass is 683 g/mol. The van der Waals surface area contributed by atoms with Crippen LogP contribution in [0.15, 0.2) is 185 Å². The van der Waals surface area contributed by atoms with Gasteiger partial charge in [-0.2, -0.15) is 0 Å². The second-order valence-corrected chi connectivity index (χ2v) is 14.2. The second kappa shape index (κ2) is 11.5. The minimum Gasteiger partial charge on any atom is -0.456 e. The Morgan fingerprint density at radius 3 is 1.69 bits per heavy atom. The molecule has 3 nitrogen and oxygen atoms in total. The van der Waals surface area contributed by atoms with Crippen molar-refractivity contribution in [3.63, 3.8) is 0 Å². The first-order valence-corrected chi connectivity index (χ1v) is 18.3. The molecule has 11 rings (SSSR count). The fraction of sp³-hybridized carbons (Fsp3) is 0. The zero-order valence-corrected chi connectivity index (χ0v) is 28.7. The van der Waals surface area contributed by atoms with Crippen molar-refractivity contribution >= 4 is 92.4 Å². The Morgan fingerprint density at radius 2 is 0.885 bits per heavy atom. The Balaban J connectivity index is 1.25. The molecule has 0 atom stereocenters. The Hall–Kier alpha value is -6.62. The Morgan fingerprint density at radius 1 is 0.346 bits per heavy atom. The Kier molecular flexibility index (Phi) is 6.42. The minimum absolute atomic E-state index is 0.841. The van der Waals surface area contributed by atoms with Gasteiger partial charge in [-0.05, 0) is 58.7 Å². The van der Waals surface area contributed by atoms with E-state index < -0.39 is 0 Å². The van der Waals surface area contributed by atoms with Gasteiger partial charge in [0.2, 0.25) is 0 Å². The average Bonchev–Trinajstić information content (AvgIpc) is 3.91. The standard InChI is InChI=1S/C48H29NO2S/c1-3-14-30(15-4-1)32-19-12-28-42-44(32)37-23-11-25-39(46(37)51-42)49(38-24-13-29-43-45(38)36-18-7-8-27-41(36)50-43)40-26-10-22-35-34-21-9-20-33(47(34)52-48(35)40)31-16-5-2-6-17-31/h1-29H. The van der Waals surface area contributed by atoms with E-state index in [1.165, 1.54) is 31.3 Å². The summed E-state index contributed by atoms with van der Waals surface area (Å²) in [6, 6.07) is 62.2. The summed E-state index contributed by atoms with van der Waals surface area (Å²) >= 11 is 1.85. The number of hydrogen-bond donors (Lipinski definition) is 0. The lowest BCUT2D eigenvalue weighted by Gasteiger charge is -2.26. The molecule has 0 unspecified atom stereocenters. The molecule has 0 N–H and O–H groups in total. The van der Waals surface area contributed by atoms with Crippen molar-refractivity contribution in [2.24, 2.45) is 0 Å². The fourth-order valence-corrected chi connectivity index (χ4v) is 9.37. The third kappa shape index (κ3) is 4.31. The molecule has 0 fully saturated rings. The van der Waals surface area contributed by atoms with Crippen LogP contribution in [-0.2, 0) is 0 Å². The number of furan rings is 2. The maximum atomic E-state index is 6.94. The van der Waals surface area contributed by atoms with E-state index in [2.05, 4.69) is 169 Å². The van der Waals surface area contributed by atoms with Crippen LogP contribution >= 0.6 is 11.3 Å². The third-order valence-electron chi connectivity index (χ3n) is 10.3. The van der Waals surface area contributed by atoms with Gasteiger partial charge >= 0.3 is 0 Å². The molecule has 8 aromatic carbocycles. The van der Waals surface area contributed by atoms with Gasteiger partial charge in [0.05, 0.1) is 27.1 Å². The van der Waals surface area contributed by atoms with Crippen LogP contribution < -0.4 is 4.90 Å². The minimum atomic E-state index is 0.841. The molecule has 4 heteroatoms. The van der Waals surface area contributed by atoms with Gasteiger partial charge in [-0.1, -0.05) is 140 Å². The van der Waals surface area contributed by atoms with Gasteiger partial charge < -0.3 is 13.7 Å². The highest BCUT2D eigenvalue weighted by molar-refractivity contribution is 7.27. The number of fused-ring (bicyclic) bond motifs is 9. The van der Waals surface area contributed by atoms with E-state index in [1.54, 1.807) is 0 Å². The van der Waals surface area contributed by atoms with Crippen molar-refractivity contribution in [3.05, 3.63) is 176 Å². The van der Waals surface area contributed by atoms with E-state index in [9.17, 15) is 0 Å². The largest absolute Gasteiger partial charge is 0.456 e. The summed E-state index contributed by atoms with van der Waals surface area (Å²) in [6.07, 6.45) is 0. The quantitative estimate of drug-likeness (QED) is 0.181. The van der Waals surface area contributed by atoms with Crippen molar-refractivity contribution in [2.45, 2.75) is 0 Å². The van der Waals surface area contributed by atoms with E-state index in [1.807, 2.05) is 23.5 Å². The van der Waals surface area contributed by atoms with Crippen LogP contribution in [0.2, 0.25) is 0 Å². The lowest BCUT2D eigenvalue weighted by molar-refractivity contribution is 0.668. The number of anilines is 3. The molecule has 0 saturated heterocycles. The smallest absolute Gasteiger partial charge is 0.159 e. The first-order valence-electron chi connectivity index (χ1n) is 17.5. The molecular weight excluding hydrogens is 655 g/mol. The maximum Gasteiger partial charge on any atom is 0.159 e. The van der Waals surface area contributed by atoms with Crippen molar-refractivity contribution in [1.82, 2.24) is 0 Å². The molecule has 0 bridgehead atoms. The van der Waals surface area contributed by atoms with Crippen molar-refractivity contribution < 1.29 is 8.83 Å². The van der Waals surface area contributed by atoms with Crippen LogP contribution in [0.4, 0.5) is 17.1 Å². The summed E-state index contributed by atoms with van der Waals surface area (Å²) < 4.78 is 15.9. The summed E-state index contributed by atoms with van der Waals surface area (Å²) in [5.41, 5.74) is 11.3. The summed E-state index contributed by atoms with van der Waals surface area (Å²) in [5.74, 6) is 0. The fourth-order valence-electron chi connectivity index (χ4n) is 8.03. The van der Waals surface area contributed by atoms with Crippen LogP contribution in [0.3, 0.4) is 0 Å². The number of nitrogens with zero attached hydrogens (tertiary/aromatic N) is 1. The van der Waals surface area contributed by atoms with Gasteiger partial charge in [-0.15, -0.1) is 11.3 Å². The van der Waals surface area contributed by atoms with Crippen molar-refractivity contribution in [2.75, 3.05) is 4.90 Å². The predicted molar refractivity (Wildman–Crippen MR) is 219 cm³/mol. The van der Waals surface area contributed by atoms with E-state index in [-0.39, 0.29) is 0 Å². The Bertz CT molecular complexity index is 3120. The first kappa shape index (κ1) is 29.1. The molecule has 3 heterocycles. The maximum absolute atomic E-state index is 6.94. The summed E-state index contributed by atoms with van der Waals surface area (Å²) in [4.78, 5) is 2.40. The van der Waals surface area contributed by atoms with Gasteiger partial charge in [0.25, 0.3) is 0 Å². The van der Waals surface area contributed by atoms with E-state index in [0.717, 1.165) is 72.1 Å². The van der Waals surface area contributed by atoms with Crippen LogP contribution in [0.25, 0.3) is 86.3 Å². The first-order chi connectivity index (χ1) is 25.8. The lowest BCUT2D eigenvalue weighted by atomic mass is 9.99. The van der Waals surface area contributed by atoms with E-state index in [0.29, 0.717) is 0 Å². The van der Waals surface area contributed by atoms with Gasteiger partial charge in [-0.3, -0.25) is 0 Å². The zero-order valence-electron chi connectivity index (χ0n) is 27.9. The number of para-hydroxylation sites is 2. The molecule has 0 saturated carbocycles. The molecule has 11 aromatic rings. The predicted octanol–water partition coefficient (Wildman–Crippen LogP) is 14.7. The van der Waals surface area contributed by atoms with E-state index >= 15 is 0 Å². The number of rotatable bonds is 5. The zero-order chi connectivity index (χ0) is 34.2. The highest BCUT2D eigenvalue weighted by atomic mass is 32.1. The molecule has 0 radical (unpaired) electrons. The van der Waals surface area contributed by atoms with Crippen molar-refractivity contribution in [3.8, 4) is 22.3 Å². The van der Waals surface area contributed by atoms with Crippen LogP contribution in [0.5, 0.6) is 0 Å². The second-order valence-electron chi connectivity index (χ2n) is 13.2. The number of benzene rings is 8. The highest BCUT2D eigenvalue weighted by Gasteiger charge is 2.26. The van der Waals surface area contributed by atoms with Crippen LogP contribution in [0.1, 0.15) is 0 Å². The normalized spacial score (nSPS) is 11.8. The van der Waals surface area contributed by atoms with Gasteiger partial charge in [0.1, 0.15) is 16.7 Å². The SMILES string of the molecule is c1ccc(-c2cccc3c2sc2c(N(c4cccc5c4oc4cccc(-c6ccccc6)c45)c4cccc5oc6ccccc6c45)cccc23)cc1. The number of thiophene rings is 1. The van der Waals surface area contributed by atoms with Gasteiger partial charge in [0.15, 0.2) is 5.58 Å². The number of hydrogen-bond acceptors (Lipinski definition) is 4. The summed E-state index contributed by atoms with van der Waals surface area (Å²) in [6.45, 7) is 0. The molecule has 3 aromatic heterocycles. The topological polar surface area (TPSA) is 29.5 Å². The van der Waals surface area contributed by atoms with E-state index in [4.69, 9.17) is 8.83 Å². The third-order valence-corrected chi connectivity index (χ3v) is 11.6. The molecule has 52 heavy (non-hydrogen) atoms.